The molecule has 1 atom stereocenters. The fourth-order valence-electron chi connectivity index (χ4n) is 2.46. The molecule has 0 aromatic carbocycles. The van der Waals surface area contributed by atoms with Gasteiger partial charge in [0.1, 0.15) is 0 Å². The smallest absolute Gasteiger partial charge is 0.0162 e. The van der Waals surface area contributed by atoms with E-state index in [0.29, 0.717) is 0 Å². The van der Waals surface area contributed by atoms with E-state index in [4.69, 9.17) is 0 Å². The number of hydrogen-bond donors (Lipinski definition) is 0. The van der Waals surface area contributed by atoms with Crippen molar-refractivity contribution in [2.45, 2.75) is 45.4 Å². The Balaban J connectivity index is 2.02. The highest BCUT2D eigenvalue weighted by Crippen LogP contribution is 2.32. The van der Waals surface area contributed by atoms with E-state index < -0.39 is 0 Å². The minimum Gasteiger partial charge on any atom is -0.0885 e. The van der Waals surface area contributed by atoms with Crippen LogP contribution in [0.1, 0.15) is 45.4 Å². The van der Waals surface area contributed by atoms with Gasteiger partial charge in [0, 0.05) is 0 Å². The van der Waals surface area contributed by atoms with Gasteiger partial charge in [-0.1, -0.05) is 42.4 Å². The summed E-state index contributed by atoms with van der Waals surface area (Å²) in [6.07, 6.45) is 17.2. The lowest BCUT2D eigenvalue weighted by molar-refractivity contribution is 0.529. The summed E-state index contributed by atoms with van der Waals surface area (Å²) >= 11 is 0. The number of rotatable bonds is 2. The first-order valence-corrected chi connectivity index (χ1v) is 5.93. The van der Waals surface area contributed by atoms with Crippen molar-refractivity contribution in [3.63, 3.8) is 0 Å². The fraction of sp³-hybridized carbons (Fsp3) is 0.571. The molecule has 2 aliphatic carbocycles. The van der Waals surface area contributed by atoms with E-state index in [1.54, 1.807) is 11.1 Å². The molecular formula is C14H20. The second-order valence-electron chi connectivity index (χ2n) is 4.40. The Morgan fingerprint density at radius 3 is 2.71 bits per heavy atom. The SMILES string of the molecule is CCC1=CC=C(C2CC=CCC2)CC1. The zero-order valence-corrected chi connectivity index (χ0v) is 9.13. The Labute approximate surface area is 87.4 Å². The molecule has 0 spiro atoms. The predicted octanol–water partition coefficient (Wildman–Crippen LogP) is 4.40. The van der Waals surface area contributed by atoms with Gasteiger partial charge in [-0.15, -0.1) is 0 Å². The summed E-state index contributed by atoms with van der Waals surface area (Å²) in [6, 6.07) is 0. The van der Waals surface area contributed by atoms with Crippen molar-refractivity contribution >= 4 is 0 Å². The third-order valence-corrected chi connectivity index (χ3v) is 3.52. The Bertz CT molecular complexity index is 278. The van der Waals surface area contributed by atoms with Gasteiger partial charge in [0.2, 0.25) is 0 Å². The van der Waals surface area contributed by atoms with Gasteiger partial charge in [-0.05, 0) is 44.4 Å². The quantitative estimate of drug-likeness (QED) is 0.563. The van der Waals surface area contributed by atoms with Crippen molar-refractivity contribution < 1.29 is 0 Å². The third kappa shape index (κ3) is 2.17. The van der Waals surface area contributed by atoms with Crippen molar-refractivity contribution in [3.05, 3.63) is 35.5 Å². The van der Waals surface area contributed by atoms with Crippen LogP contribution < -0.4 is 0 Å². The maximum Gasteiger partial charge on any atom is -0.0162 e. The highest BCUT2D eigenvalue weighted by molar-refractivity contribution is 5.26. The lowest BCUT2D eigenvalue weighted by Gasteiger charge is -2.23. The van der Waals surface area contributed by atoms with Crippen LogP contribution in [0.25, 0.3) is 0 Å². The zero-order chi connectivity index (χ0) is 9.80. The van der Waals surface area contributed by atoms with Crippen molar-refractivity contribution in [3.8, 4) is 0 Å². The van der Waals surface area contributed by atoms with Gasteiger partial charge in [-0.2, -0.15) is 0 Å². The Hall–Kier alpha value is -0.780. The van der Waals surface area contributed by atoms with E-state index >= 15 is 0 Å². The number of allylic oxidation sites excluding steroid dienone is 6. The minimum atomic E-state index is 0.856. The summed E-state index contributed by atoms with van der Waals surface area (Å²) in [6.45, 7) is 2.26. The van der Waals surface area contributed by atoms with E-state index in [1.807, 2.05) is 0 Å². The molecule has 14 heavy (non-hydrogen) atoms. The minimum absolute atomic E-state index is 0.856. The molecule has 0 radical (unpaired) electrons. The summed E-state index contributed by atoms with van der Waals surface area (Å²) in [4.78, 5) is 0. The van der Waals surface area contributed by atoms with Crippen LogP contribution in [-0.2, 0) is 0 Å². The van der Waals surface area contributed by atoms with E-state index in [9.17, 15) is 0 Å². The molecule has 2 aliphatic rings. The molecule has 0 saturated carbocycles. The monoisotopic (exact) mass is 188 g/mol. The van der Waals surface area contributed by atoms with Crippen LogP contribution in [-0.4, -0.2) is 0 Å². The summed E-state index contributed by atoms with van der Waals surface area (Å²) < 4.78 is 0. The van der Waals surface area contributed by atoms with Gasteiger partial charge < -0.3 is 0 Å². The Morgan fingerprint density at radius 2 is 2.14 bits per heavy atom. The molecule has 1 unspecified atom stereocenters. The molecule has 0 nitrogen and oxygen atoms in total. The van der Waals surface area contributed by atoms with E-state index in [1.165, 1.54) is 38.5 Å². The molecule has 0 aromatic heterocycles. The largest absolute Gasteiger partial charge is 0.0885 e. The van der Waals surface area contributed by atoms with Gasteiger partial charge in [-0.3, -0.25) is 0 Å². The average molecular weight is 188 g/mol. The first kappa shape index (κ1) is 9.76. The molecule has 76 valence electrons. The molecule has 0 heteroatoms. The second-order valence-corrected chi connectivity index (χ2v) is 4.40. The molecule has 0 bridgehead atoms. The summed E-state index contributed by atoms with van der Waals surface area (Å²) in [5.74, 6) is 0.856. The Morgan fingerprint density at radius 1 is 1.21 bits per heavy atom. The van der Waals surface area contributed by atoms with Crippen LogP contribution >= 0.6 is 0 Å². The van der Waals surface area contributed by atoms with Crippen LogP contribution in [0.3, 0.4) is 0 Å². The van der Waals surface area contributed by atoms with Crippen LogP contribution in [0.2, 0.25) is 0 Å². The lowest BCUT2D eigenvalue weighted by atomic mass is 9.82. The first-order valence-electron chi connectivity index (χ1n) is 5.93. The molecule has 0 N–H and O–H groups in total. The van der Waals surface area contributed by atoms with Crippen LogP contribution in [0.5, 0.6) is 0 Å². The predicted molar refractivity (Wildman–Crippen MR) is 62.2 cm³/mol. The van der Waals surface area contributed by atoms with E-state index in [2.05, 4.69) is 31.2 Å². The zero-order valence-electron chi connectivity index (χ0n) is 9.13. The van der Waals surface area contributed by atoms with Crippen molar-refractivity contribution in [2.24, 2.45) is 5.92 Å². The molecule has 0 fully saturated rings. The van der Waals surface area contributed by atoms with Gasteiger partial charge >= 0.3 is 0 Å². The van der Waals surface area contributed by atoms with Crippen molar-refractivity contribution in [1.82, 2.24) is 0 Å². The summed E-state index contributed by atoms with van der Waals surface area (Å²) in [5.41, 5.74) is 3.33. The lowest BCUT2D eigenvalue weighted by Crippen LogP contribution is -2.08. The molecular weight excluding hydrogens is 168 g/mol. The second kappa shape index (κ2) is 4.63. The number of hydrogen-bond acceptors (Lipinski definition) is 0. The molecule has 0 aliphatic heterocycles. The summed E-state index contributed by atoms with van der Waals surface area (Å²) in [5, 5.41) is 0. The van der Waals surface area contributed by atoms with E-state index in [0.717, 1.165) is 5.92 Å². The molecule has 0 aromatic rings. The van der Waals surface area contributed by atoms with E-state index in [-0.39, 0.29) is 0 Å². The molecule has 0 saturated heterocycles. The normalized spacial score (nSPS) is 27.1. The molecule has 2 rings (SSSR count). The molecule has 0 amide bonds. The Kier molecular flexibility index (Phi) is 3.23. The van der Waals surface area contributed by atoms with Crippen molar-refractivity contribution in [1.29, 1.82) is 0 Å². The van der Waals surface area contributed by atoms with Gasteiger partial charge in [0.25, 0.3) is 0 Å². The highest BCUT2D eigenvalue weighted by atomic mass is 14.2. The van der Waals surface area contributed by atoms with Crippen LogP contribution in [0, 0.1) is 5.92 Å². The summed E-state index contributed by atoms with van der Waals surface area (Å²) in [7, 11) is 0. The highest BCUT2D eigenvalue weighted by Gasteiger charge is 2.16. The van der Waals surface area contributed by atoms with Crippen LogP contribution in [0.15, 0.2) is 35.5 Å². The maximum absolute atomic E-state index is 2.40. The van der Waals surface area contributed by atoms with Gasteiger partial charge in [0.05, 0.1) is 0 Å². The van der Waals surface area contributed by atoms with Crippen molar-refractivity contribution in [2.75, 3.05) is 0 Å². The average Bonchev–Trinajstić information content (AvgIpc) is 2.30. The molecule has 0 heterocycles. The van der Waals surface area contributed by atoms with Crippen LogP contribution in [0.4, 0.5) is 0 Å². The van der Waals surface area contributed by atoms with Gasteiger partial charge in [0.15, 0.2) is 0 Å². The van der Waals surface area contributed by atoms with Gasteiger partial charge in [-0.25, -0.2) is 0 Å². The third-order valence-electron chi connectivity index (χ3n) is 3.52. The standard InChI is InChI=1S/C14H20/c1-2-12-8-10-14(11-9-12)13-6-4-3-5-7-13/h3-4,8,10,13H,2,5-7,9,11H2,1H3. The maximum atomic E-state index is 2.40. The first-order chi connectivity index (χ1) is 6.90. The topological polar surface area (TPSA) is 0 Å². The fourth-order valence-corrected chi connectivity index (χ4v) is 2.46.